The number of halogens is 2. The van der Waals surface area contributed by atoms with E-state index < -0.39 is 11.6 Å². The summed E-state index contributed by atoms with van der Waals surface area (Å²) in [5, 5.41) is 3.48. The van der Waals surface area contributed by atoms with Crippen molar-refractivity contribution in [2.75, 3.05) is 0 Å². The van der Waals surface area contributed by atoms with Gasteiger partial charge in [-0.3, -0.25) is 9.59 Å². The maximum absolute atomic E-state index is 13.1. The predicted molar refractivity (Wildman–Crippen MR) is 109 cm³/mol. The van der Waals surface area contributed by atoms with Crippen LogP contribution in [-0.2, 0) is 22.6 Å². The first kappa shape index (κ1) is 21.9. The van der Waals surface area contributed by atoms with Gasteiger partial charge in [0.25, 0.3) is 0 Å². The van der Waals surface area contributed by atoms with Gasteiger partial charge in [0.15, 0.2) is 0 Å². The van der Waals surface area contributed by atoms with Gasteiger partial charge in [0.1, 0.15) is 11.9 Å². The number of benzene rings is 2. The summed E-state index contributed by atoms with van der Waals surface area (Å²) < 4.78 is 13.1. The molecule has 2 amide bonds. The lowest BCUT2D eigenvalue weighted by Gasteiger charge is -2.31. The van der Waals surface area contributed by atoms with Crippen molar-refractivity contribution in [2.45, 2.75) is 52.2 Å². The number of hydrogen-bond donors (Lipinski definition) is 1. The quantitative estimate of drug-likeness (QED) is 0.777. The maximum Gasteiger partial charge on any atom is 0.242 e. The van der Waals surface area contributed by atoms with Gasteiger partial charge in [-0.25, -0.2) is 4.39 Å². The zero-order chi connectivity index (χ0) is 20.9. The Morgan fingerprint density at radius 2 is 1.75 bits per heavy atom. The third-order valence-electron chi connectivity index (χ3n) is 4.18. The Morgan fingerprint density at radius 1 is 1.11 bits per heavy atom. The number of carbonyl (C=O) groups excluding carboxylic acids is 2. The van der Waals surface area contributed by atoms with E-state index in [1.165, 1.54) is 17.0 Å². The van der Waals surface area contributed by atoms with Gasteiger partial charge in [-0.15, -0.1) is 0 Å². The topological polar surface area (TPSA) is 49.4 Å². The summed E-state index contributed by atoms with van der Waals surface area (Å²) in [6, 6.07) is 12.3. The molecule has 0 aliphatic carbocycles. The summed E-state index contributed by atoms with van der Waals surface area (Å²) in [6.07, 6.45) is 0.0774. The molecule has 0 heterocycles. The Balaban J connectivity index is 2.24. The molecule has 6 heteroatoms. The van der Waals surface area contributed by atoms with Crippen molar-refractivity contribution in [3.63, 3.8) is 0 Å². The predicted octanol–water partition coefficient (Wildman–Crippen LogP) is 4.35. The molecular formula is C22H26ClFN2O2. The van der Waals surface area contributed by atoms with Crippen LogP contribution in [0.25, 0.3) is 0 Å². The number of amides is 2. The monoisotopic (exact) mass is 404 g/mol. The third kappa shape index (κ3) is 6.64. The maximum atomic E-state index is 13.1. The van der Waals surface area contributed by atoms with Crippen LogP contribution in [0.4, 0.5) is 4.39 Å². The van der Waals surface area contributed by atoms with Crippen molar-refractivity contribution in [1.82, 2.24) is 10.2 Å². The van der Waals surface area contributed by atoms with Crippen LogP contribution in [-0.4, -0.2) is 28.3 Å². The molecule has 0 aromatic heterocycles. The fraction of sp³-hybridized carbons (Fsp3) is 0.364. The van der Waals surface area contributed by atoms with Gasteiger partial charge in [0, 0.05) is 17.1 Å². The Hall–Kier alpha value is -2.40. The van der Waals surface area contributed by atoms with E-state index in [1.54, 1.807) is 37.3 Å². The van der Waals surface area contributed by atoms with Crippen LogP contribution in [0.1, 0.15) is 38.8 Å². The normalized spacial score (nSPS) is 12.4. The Bertz CT molecular complexity index is 831. The zero-order valence-electron chi connectivity index (χ0n) is 16.6. The zero-order valence-corrected chi connectivity index (χ0v) is 17.4. The van der Waals surface area contributed by atoms with Gasteiger partial charge >= 0.3 is 0 Å². The van der Waals surface area contributed by atoms with Gasteiger partial charge in [0.05, 0.1) is 6.42 Å². The highest BCUT2D eigenvalue weighted by Crippen LogP contribution is 2.17. The summed E-state index contributed by atoms with van der Waals surface area (Å²) in [4.78, 5) is 27.2. The Labute approximate surface area is 170 Å². The average Bonchev–Trinajstić information content (AvgIpc) is 2.59. The molecule has 0 fully saturated rings. The van der Waals surface area contributed by atoms with E-state index >= 15 is 0 Å². The van der Waals surface area contributed by atoms with Gasteiger partial charge in [-0.05, 0) is 63.1 Å². The molecule has 0 aliphatic heterocycles. The second kappa shape index (κ2) is 9.20. The molecule has 2 aromatic carbocycles. The molecule has 4 nitrogen and oxygen atoms in total. The van der Waals surface area contributed by atoms with E-state index in [2.05, 4.69) is 5.32 Å². The molecule has 0 spiro atoms. The number of rotatable bonds is 6. The summed E-state index contributed by atoms with van der Waals surface area (Å²) in [6.45, 7) is 7.62. The summed E-state index contributed by atoms with van der Waals surface area (Å²) >= 11 is 6.06. The average molecular weight is 405 g/mol. The van der Waals surface area contributed by atoms with E-state index in [4.69, 9.17) is 11.6 Å². The van der Waals surface area contributed by atoms with Crippen LogP contribution in [0.3, 0.4) is 0 Å². The molecule has 0 radical (unpaired) electrons. The molecule has 0 saturated carbocycles. The fourth-order valence-electron chi connectivity index (χ4n) is 2.77. The van der Waals surface area contributed by atoms with Crippen LogP contribution in [0.2, 0.25) is 5.02 Å². The minimum Gasteiger partial charge on any atom is -0.350 e. The molecule has 0 unspecified atom stereocenters. The lowest BCUT2D eigenvalue weighted by molar-refractivity contribution is -0.140. The van der Waals surface area contributed by atoms with Crippen LogP contribution in [0.15, 0.2) is 48.5 Å². The Kier molecular flexibility index (Phi) is 7.19. The molecule has 0 bridgehead atoms. The number of nitrogens with one attached hydrogen (secondary N) is 1. The highest BCUT2D eigenvalue weighted by molar-refractivity contribution is 6.30. The lowest BCUT2D eigenvalue weighted by atomic mass is 10.1. The highest BCUT2D eigenvalue weighted by atomic mass is 35.5. The largest absolute Gasteiger partial charge is 0.350 e. The fourth-order valence-corrected chi connectivity index (χ4v) is 2.98. The summed E-state index contributed by atoms with van der Waals surface area (Å²) in [5.41, 5.74) is 1.11. The van der Waals surface area contributed by atoms with E-state index in [-0.39, 0.29) is 30.6 Å². The van der Waals surface area contributed by atoms with Crippen molar-refractivity contribution < 1.29 is 14.0 Å². The van der Waals surface area contributed by atoms with Gasteiger partial charge in [-0.1, -0.05) is 35.9 Å². The SMILES string of the molecule is C[C@@H](C(=O)NC(C)(C)C)N(Cc1cccc(Cl)c1)C(=O)Cc1ccc(F)cc1. The van der Waals surface area contributed by atoms with Crippen LogP contribution in [0.5, 0.6) is 0 Å². The smallest absolute Gasteiger partial charge is 0.242 e. The first-order valence-electron chi connectivity index (χ1n) is 9.15. The minimum absolute atomic E-state index is 0.0774. The molecular weight excluding hydrogens is 379 g/mol. The first-order valence-corrected chi connectivity index (χ1v) is 9.53. The lowest BCUT2D eigenvalue weighted by Crippen LogP contribution is -2.52. The van der Waals surface area contributed by atoms with Crippen LogP contribution >= 0.6 is 11.6 Å². The van der Waals surface area contributed by atoms with Gasteiger partial charge in [-0.2, -0.15) is 0 Å². The minimum atomic E-state index is -0.675. The molecule has 2 rings (SSSR count). The van der Waals surface area contributed by atoms with Crippen molar-refractivity contribution in [3.8, 4) is 0 Å². The van der Waals surface area contributed by atoms with E-state index in [0.717, 1.165) is 5.56 Å². The van der Waals surface area contributed by atoms with E-state index in [9.17, 15) is 14.0 Å². The first-order chi connectivity index (χ1) is 13.0. The van der Waals surface area contributed by atoms with Crippen LogP contribution in [0, 0.1) is 5.82 Å². The van der Waals surface area contributed by atoms with Crippen molar-refractivity contribution in [1.29, 1.82) is 0 Å². The van der Waals surface area contributed by atoms with E-state index in [0.29, 0.717) is 10.6 Å². The molecule has 150 valence electrons. The van der Waals surface area contributed by atoms with Crippen molar-refractivity contribution >= 4 is 23.4 Å². The van der Waals surface area contributed by atoms with Crippen molar-refractivity contribution in [3.05, 3.63) is 70.5 Å². The molecule has 2 aromatic rings. The number of hydrogen-bond acceptors (Lipinski definition) is 2. The van der Waals surface area contributed by atoms with Crippen molar-refractivity contribution in [2.24, 2.45) is 0 Å². The molecule has 0 aliphatic rings. The number of carbonyl (C=O) groups is 2. The molecule has 1 atom stereocenters. The molecule has 1 N–H and O–H groups in total. The molecule has 28 heavy (non-hydrogen) atoms. The Morgan fingerprint density at radius 3 is 2.32 bits per heavy atom. The van der Waals surface area contributed by atoms with Gasteiger partial charge in [0.2, 0.25) is 11.8 Å². The third-order valence-corrected chi connectivity index (χ3v) is 4.41. The van der Waals surface area contributed by atoms with Gasteiger partial charge < -0.3 is 10.2 Å². The second-order valence-corrected chi connectivity index (χ2v) is 8.31. The van der Waals surface area contributed by atoms with Crippen LogP contribution < -0.4 is 5.32 Å². The van der Waals surface area contributed by atoms with E-state index in [1.807, 2.05) is 26.8 Å². The second-order valence-electron chi connectivity index (χ2n) is 7.87. The molecule has 0 saturated heterocycles. The number of nitrogens with zero attached hydrogens (tertiary/aromatic N) is 1. The standard InChI is InChI=1S/C22H26ClFN2O2/c1-15(21(28)25-22(2,3)4)26(14-17-6-5-7-18(23)12-17)20(27)13-16-8-10-19(24)11-9-16/h5-12,15H,13-14H2,1-4H3,(H,25,28)/t15-/m0/s1. The summed E-state index contributed by atoms with van der Waals surface area (Å²) in [7, 11) is 0. The summed E-state index contributed by atoms with van der Waals surface area (Å²) in [5.74, 6) is -0.810. The highest BCUT2D eigenvalue weighted by Gasteiger charge is 2.28.